The number of ether oxygens (including phenoxy) is 1. The summed E-state index contributed by atoms with van der Waals surface area (Å²) in [7, 11) is 0. The van der Waals surface area contributed by atoms with E-state index in [1.165, 1.54) is 6.92 Å². The highest BCUT2D eigenvalue weighted by atomic mass is 16.6. The van der Waals surface area contributed by atoms with E-state index in [0.717, 1.165) is 16.7 Å². The minimum Gasteiger partial charge on any atom is -0.481 e. The molecule has 1 heterocycles. The van der Waals surface area contributed by atoms with Crippen molar-refractivity contribution in [1.82, 2.24) is 0 Å². The van der Waals surface area contributed by atoms with Gasteiger partial charge in [0.25, 0.3) is 0 Å². The number of fused-ring (bicyclic) bond motifs is 1. The standard InChI is InChI=1S/C23H20O5/c1-13-16(14-9-5-3-6-10-14)18(15-11-7-4-8-12-15)23(2,22(26)27)19-17(13)20(24)28-21(19)25/h3-13,17,19H,1-2H3,(H,26,27). The van der Waals surface area contributed by atoms with Crippen molar-refractivity contribution in [3.8, 4) is 0 Å². The van der Waals surface area contributed by atoms with Gasteiger partial charge in [0.1, 0.15) is 5.41 Å². The van der Waals surface area contributed by atoms with Gasteiger partial charge in [0.2, 0.25) is 0 Å². The number of carbonyl (C=O) groups excluding carboxylic acids is 2. The zero-order chi connectivity index (χ0) is 20.1. The molecule has 1 N–H and O–H groups in total. The largest absolute Gasteiger partial charge is 0.481 e. The van der Waals surface area contributed by atoms with Crippen LogP contribution in [0.2, 0.25) is 0 Å². The van der Waals surface area contributed by atoms with Crippen LogP contribution in [-0.2, 0) is 19.1 Å². The Bertz CT molecular complexity index is 992. The molecule has 0 aromatic heterocycles. The molecule has 0 amide bonds. The molecule has 28 heavy (non-hydrogen) atoms. The fourth-order valence-corrected chi connectivity index (χ4v) is 4.77. The lowest BCUT2D eigenvalue weighted by atomic mass is 9.55. The van der Waals surface area contributed by atoms with Crippen LogP contribution in [0.1, 0.15) is 25.0 Å². The second-order valence-electron chi connectivity index (χ2n) is 7.56. The van der Waals surface area contributed by atoms with E-state index < -0.39 is 35.2 Å². The summed E-state index contributed by atoms with van der Waals surface area (Å²) in [6, 6.07) is 18.6. The predicted molar refractivity (Wildman–Crippen MR) is 103 cm³/mol. The summed E-state index contributed by atoms with van der Waals surface area (Å²) in [6.45, 7) is 3.40. The highest BCUT2D eigenvalue weighted by Gasteiger charge is 2.64. The molecule has 0 bridgehead atoms. The first-order chi connectivity index (χ1) is 13.4. The zero-order valence-corrected chi connectivity index (χ0v) is 15.6. The number of benzene rings is 2. The van der Waals surface area contributed by atoms with Crippen LogP contribution in [-0.4, -0.2) is 23.0 Å². The number of rotatable bonds is 3. The molecule has 0 saturated carbocycles. The van der Waals surface area contributed by atoms with Gasteiger partial charge in [0, 0.05) is 0 Å². The van der Waals surface area contributed by atoms with Crippen molar-refractivity contribution >= 4 is 29.1 Å². The number of aliphatic carboxylic acids is 1. The summed E-state index contributed by atoms with van der Waals surface area (Å²) >= 11 is 0. The third-order valence-corrected chi connectivity index (χ3v) is 6.08. The van der Waals surface area contributed by atoms with Gasteiger partial charge in [-0.15, -0.1) is 0 Å². The fourth-order valence-electron chi connectivity index (χ4n) is 4.77. The molecule has 5 nitrogen and oxygen atoms in total. The number of carboxylic acid groups (broad SMARTS) is 1. The van der Waals surface area contributed by atoms with E-state index in [2.05, 4.69) is 0 Å². The number of esters is 2. The summed E-state index contributed by atoms with van der Waals surface area (Å²) in [5.74, 6) is -4.79. The number of hydrogen-bond donors (Lipinski definition) is 1. The van der Waals surface area contributed by atoms with E-state index >= 15 is 0 Å². The summed E-state index contributed by atoms with van der Waals surface area (Å²) in [5.41, 5.74) is 1.31. The molecule has 2 aromatic carbocycles. The molecule has 142 valence electrons. The van der Waals surface area contributed by atoms with Gasteiger partial charge < -0.3 is 9.84 Å². The van der Waals surface area contributed by atoms with Gasteiger partial charge in [-0.25, -0.2) is 0 Å². The maximum Gasteiger partial charge on any atom is 0.319 e. The van der Waals surface area contributed by atoms with Crippen LogP contribution < -0.4 is 0 Å². The average molecular weight is 376 g/mol. The molecule has 2 aliphatic rings. The average Bonchev–Trinajstić information content (AvgIpc) is 3.00. The van der Waals surface area contributed by atoms with Crippen LogP contribution in [0.25, 0.3) is 11.1 Å². The van der Waals surface area contributed by atoms with E-state index in [1.54, 1.807) is 0 Å². The number of carbonyl (C=O) groups is 3. The molecule has 4 unspecified atom stereocenters. The van der Waals surface area contributed by atoms with Gasteiger partial charge >= 0.3 is 17.9 Å². The molecular weight excluding hydrogens is 356 g/mol. The molecule has 1 saturated heterocycles. The SMILES string of the molecule is CC1C(c2ccccc2)=C(c2ccccc2)C(C)(C(=O)O)C2C(=O)OC(=O)C12. The molecule has 0 radical (unpaired) electrons. The second kappa shape index (κ2) is 6.44. The van der Waals surface area contributed by atoms with Crippen LogP contribution >= 0.6 is 0 Å². The maximum atomic E-state index is 12.6. The Morgan fingerprint density at radius 1 is 0.929 bits per heavy atom. The third-order valence-electron chi connectivity index (χ3n) is 6.08. The van der Waals surface area contributed by atoms with Crippen molar-refractivity contribution < 1.29 is 24.2 Å². The van der Waals surface area contributed by atoms with Gasteiger partial charge in [-0.2, -0.15) is 0 Å². The van der Waals surface area contributed by atoms with E-state index in [4.69, 9.17) is 4.74 Å². The number of hydrogen-bond acceptors (Lipinski definition) is 4. The minimum absolute atomic E-state index is 0.367. The van der Waals surface area contributed by atoms with Gasteiger partial charge in [-0.05, 0) is 35.1 Å². The van der Waals surface area contributed by atoms with E-state index in [-0.39, 0.29) is 5.92 Å². The molecule has 0 spiro atoms. The monoisotopic (exact) mass is 376 g/mol. The maximum absolute atomic E-state index is 12.6. The number of carboxylic acids is 1. The normalized spacial score (nSPS) is 29.4. The Balaban J connectivity index is 2.12. The smallest absolute Gasteiger partial charge is 0.319 e. The molecule has 4 rings (SSSR count). The van der Waals surface area contributed by atoms with Crippen molar-refractivity contribution in [2.45, 2.75) is 13.8 Å². The molecule has 1 fully saturated rings. The highest BCUT2D eigenvalue weighted by Crippen LogP contribution is 2.59. The van der Waals surface area contributed by atoms with Crippen molar-refractivity contribution in [3.63, 3.8) is 0 Å². The summed E-state index contributed by atoms with van der Waals surface area (Å²) < 4.78 is 4.92. The molecule has 1 aliphatic heterocycles. The summed E-state index contributed by atoms with van der Waals surface area (Å²) in [4.78, 5) is 37.7. The predicted octanol–water partition coefficient (Wildman–Crippen LogP) is 3.65. The van der Waals surface area contributed by atoms with Crippen molar-refractivity contribution in [2.24, 2.45) is 23.2 Å². The fraction of sp³-hybridized carbons (Fsp3) is 0.261. The second-order valence-corrected chi connectivity index (χ2v) is 7.56. The van der Waals surface area contributed by atoms with Gasteiger partial charge in [0.05, 0.1) is 11.8 Å². The van der Waals surface area contributed by atoms with E-state index in [1.807, 2.05) is 67.6 Å². The Morgan fingerprint density at radius 2 is 1.46 bits per heavy atom. The van der Waals surface area contributed by atoms with Crippen molar-refractivity contribution in [1.29, 1.82) is 0 Å². The number of cyclic esters (lactones) is 2. The quantitative estimate of drug-likeness (QED) is 0.653. The van der Waals surface area contributed by atoms with Crippen LogP contribution in [0.3, 0.4) is 0 Å². The van der Waals surface area contributed by atoms with Crippen LogP contribution in [0.4, 0.5) is 0 Å². The lowest BCUT2D eigenvalue weighted by Gasteiger charge is -2.43. The lowest BCUT2D eigenvalue weighted by Crippen LogP contribution is -2.48. The Morgan fingerprint density at radius 3 is 2.00 bits per heavy atom. The van der Waals surface area contributed by atoms with Crippen molar-refractivity contribution in [2.75, 3.05) is 0 Å². The van der Waals surface area contributed by atoms with Crippen LogP contribution in [0.5, 0.6) is 0 Å². The molecule has 1 aliphatic carbocycles. The lowest BCUT2D eigenvalue weighted by molar-refractivity contribution is -0.158. The Kier molecular flexibility index (Phi) is 4.18. The van der Waals surface area contributed by atoms with Gasteiger partial charge in [0.15, 0.2) is 0 Å². The summed E-state index contributed by atoms with van der Waals surface area (Å²) in [5, 5.41) is 10.3. The van der Waals surface area contributed by atoms with E-state index in [0.29, 0.717) is 5.57 Å². The molecule has 4 atom stereocenters. The first kappa shape index (κ1) is 18.2. The molecule has 2 aromatic rings. The number of allylic oxidation sites excluding steroid dienone is 1. The van der Waals surface area contributed by atoms with Gasteiger partial charge in [-0.3, -0.25) is 14.4 Å². The first-order valence-electron chi connectivity index (χ1n) is 9.21. The first-order valence-corrected chi connectivity index (χ1v) is 9.21. The Labute approximate surface area is 162 Å². The summed E-state index contributed by atoms with van der Waals surface area (Å²) in [6.07, 6.45) is 0. The molecular formula is C23H20O5. The highest BCUT2D eigenvalue weighted by molar-refractivity contribution is 6.12. The van der Waals surface area contributed by atoms with Gasteiger partial charge in [-0.1, -0.05) is 67.6 Å². The topological polar surface area (TPSA) is 80.7 Å². The zero-order valence-electron chi connectivity index (χ0n) is 15.6. The van der Waals surface area contributed by atoms with Crippen LogP contribution in [0.15, 0.2) is 60.7 Å². The van der Waals surface area contributed by atoms with E-state index in [9.17, 15) is 19.5 Å². The molecule has 5 heteroatoms. The van der Waals surface area contributed by atoms with Crippen LogP contribution in [0, 0.1) is 23.2 Å². The Hall–Kier alpha value is -3.21. The minimum atomic E-state index is -1.59. The van der Waals surface area contributed by atoms with Crippen molar-refractivity contribution in [3.05, 3.63) is 71.8 Å². The third kappa shape index (κ3) is 2.43.